The maximum absolute atomic E-state index is 11.5. The molecule has 0 aliphatic heterocycles. The Kier molecular flexibility index (Phi) is 3.31. The summed E-state index contributed by atoms with van der Waals surface area (Å²) in [4.78, 5) is 11.5. The van der Waals surface area contributed by atoms with Crippen molar-refractivity contribution in [1.29, 1.82) is 0 Å². The summed E-state index contributed by atoms with van der Waals surface area (Å²) < 4.78 is 0. The second-order valence-corrected chi connectivity index (χ2v) is 2.57. The number of rotatable bonds is 2. The second kappa shape index (κ2) is 4.50. The SMILES string of the molecule is CN(N=C=S)C(=O)c1ccccc1. The van der Waals surface area contributed by atoms with E-state index in [-0.39, 0.29) is 5.91 Å². The number of thiocarbonyl (C=S) groups is 1. The normalized spacial score (nSPS) is 8.69. The molecule has 0 aliphatic carbocycles. The predicted molar refractivity (Wildman–Crippen MR) is 53.6 cm³/mol. The third-order valence-corrected chi connectivity index (χ3v) is 1.59. The summed E-state index contributed by atoms with van der Waals surface area (Å²) in [6.45, 7) is 0. The van der Waals surface area contributed by atoms with Gasteiger partial charge in [-0.2, -0.15) is 0 Å². The predicted octanol–water partition coefficient (Wildman–Crippen LogP) is 1.78. The molecule has 0 spiro atoms. The molecule has 1 aromatic rings. The zero-order valence-electron chi connectivity index (χ0n) is 7.10. The van der Waals surface area contributed by atoms with Crippen molar-refractivity contribution in [3.05, 3.63) is 35.9 Å². The number of amides is 1. The van der Waals surface area contributed by atoms with Gasteiger partial charge in [0.1, 0.15) is 0 Å². The Hall–Kier alpha value is -1.51. The topological polar surface area (TPSA) is 32.7 Å². The van der Waals surface area contributed by atoms with Crippen LogP contribution in [0.25, 0.3) is 0 Å². The Balaban J connectivity index is 2.86. The average molecular weight is 192 g/mol. The molecule has 66 valence electrons. The molecule has 0 radical (unpaired) electrons. The molecular formula is C9H8N2OS. The van der Waals surface area contributed by atoms with E-state index in [1.165, 1.54) is 7.05 Å². The quantitative estimate of drug-likeness (QED) is 0.406. The van der Waals surface area contributed by atoms with Gasteiger partial charge in [-0.1, -0.05) is 18.2 Å². The van der Waals surface area contributed by atoms with Crippen molar-refractivity contribution < 1.29 is 4.79 Å². The smallest absolute Gasteiger partial charge is 0.267 e. The van der Waals surface area contributed by atoms with E-state index in [4.69, 9.17) is 0 Å². The Morgan fingerprint density at radius 2 is 2.08 bits per heavy atom. The maximum atomic E-state index is 11.5. The summed E-state index contributed by atoms with van der Waals surface area (Å²) in [7, 11) is 1.54. The van der Waals surface area contributed by atoms with Gasteiger partial charge in [-0.15, -0.1) is 5.10 Å². The Labute approximate surface area is 81.7 Å². The van der Waals surface area contributed by atoms with E-state index >= 15 is 0 Å². The van der Waals surface area contributed by atoms with Gasteiger partial charge in [-0.25, -0.2) is 5.01 Å². The average Bonchev–Trinajstić information content (AvgIpc) is 2.18. The van der Waals surface area contributed by atoms with Crippen LogP contribution in [0.5, 0.6) is 0 Å². The molecule has 0 N–H and O–H groups in total. The number of hydrazone groups is 1. The Morgan fingerprint density at radius 3 is 2.62 bits per heavy atom. The van der Waals surface area contributed by atoms with Gasteiger partial charge >= 0.3 is 0 Å². The van der Waals surface area contributed by atoms with E-state index in [0.717, 1.165) is 5.01 Å². The first kappa shape index (κ1) is 9.58. The van der Waals surface area contributed by atoms with Crippen molar-refractivity contribution in [2.75, 3.05) is 7.05 Å². The fourth-order valence-electron chi connectivity index (χ4n) is 0.874. The maximum Gasteiger partial charge on any atom is 0.274 e. The zero-order valence-corrected chi connectivity index (χ0v) is 7.91. The molecule has 0 aliphatic rings. The van der Waals surface area contributed by atoms with Gasteiger partial charge in [0.15, 0.2) is 0 Å². The van der Waals surface area contributed by atoms with Gasteiger partial charge in [0.25, 0.3) is 5.91 Å². The van der Waals surface area contributed by atoms with E-state index in [9.17, 15) is 4.79 Å². The number of carbonyl (C=O) groups is 1. The van der Waals surface area contributed by atoms with Gasteiger partial charge in [0.05, 0.1) is 5.16 Å². The van der Waals surface area contributed by atoms with Crippen LogP contribution < -0.4 is 0 Å². The molecule has 3 nitrogen and oxygen atoms in total. The molecule has 1 amide bonds. The Morgan fingerprint density at radius 1 is 1.46 bits per heavy atom. The monoisotopic (exact) mass is 192 g/mol. The van der Waals surface area contributed by atoms with Crippen LogP contribution in [0.4, 0.5) is 0 Å². The lowest BCUT2D eigenvalue weighted by atomic mass is 10.2. The van der Waals surface area contributed by atoms with Crippen LogP contribution in [-0.2, 0) is 0 Å². The molecule has 0 fully saturated rings. The highest BCUT2D eigenvalue weighted by Crippen LogP contribution is 2.02. The fourth-order valence-corrected chi connectivity index (χ4v) is 0.997. The van der Waals surface area contributed by atoms with Gasteiger partial charge < -0.3 is 0 Å². The highest BCUT2D eigenvalue weighted by Gasteiger charge is 2.08. The summed E-state index contributed by atoms with van der Waals surface area (Å²) >= 11 is 4.39. The first-order valence-electron chi connectivity index (χ1n) is 3.66. The van der Waals surface area contributed by atoms with E-state index in [1.54, 1.807) is 24.3 Å². The minimum Gasteiger partial charge on any atom is -0.267 e. The minimum absolute atomic E-state index is 0.196. The summed E-state index contributed by atoms with van der Waals surface area (Å²) in [5.41, 5.74) is 0.582. The molecule has 4 heteroatoms. The first-order valence-corrected chi connectivity index (χ1v) is 4.07. The number of nitrogens with zero attached hydrogens (tertiary/aromatic N) is 2. The molecule has 0 bridgehead atoms. The van der Waals surface area contributed by atoms with E-state index in [0.29, 0.717) is 5.56 Å². The van der Waals surface area contributed by atoms with Crippen LogP contribution in [0.2, 0.25) is 0 Å². The Bertz CT molecular complexity index is 344. The molecule has 0 saturated carbocycles. The molecule has 1 rings (SSSR count). The lowest BCUT2D eigenvalue weighted by molar-refractivity contribution is 0.0801. The van der Waals surface area contributed by atoms with Crippen molar-refractivity contribution in [2.45, 2.75) is 0 Å². The highest BCUT2D eigenvalue weighted by atomic mass is 32.1. The highest BCUT2D eigenvalue weighted by molar-refractivity contribution is 7.78. The third kappa shape index (κ3) is 2.47. The van der Waals surface area contributed by atoms with E-state index < -0.39 is 0 Å². The van der Waals surface area contributed by atoms with Crippen molar-refractivity contribution in [3.63, 3.8) is 0 Å². The molecule has 0 heterocycles. The standard InChI is InChI=1S/C9H8N2OS/c1-11(10-7-13)9(12)8-5-3-2-4-6-8/h2-6H,1H3. The van der Waals surface area contributed by atoms with Crippen LogP contribution in [0.3, 0.4) is 0 Å². The molecule has 13 heavy (non-hydrogen) atoms. The second-order valence-electron chi connectivity index (χ2n) is 2.39. The summed E-state index contributed by atoms with van der Waals surface area (Å²) in [6, 6.07) is 8.87. The van der Waals surface area contributed by atoms with Gasteiger partial charge in [0, 0.05) is 12.6 Å². The third-order valence-electron chi connectivity index (χ3n) is 1.51. The summed E-state index contributed by atoms with van der Waals surface area (Å²) in [6.07, 6.45) is 0. The number of isothiocyanates is 1. The van der Waals surface area contributed by atoms with Gasteiger partial charge in [-0.05, 0) is 24.4 Å². The number of carbonyl (C=O) groups excluding carboxylic acids is 1. The molecule has 0 aromatic heterocycles. The number of hydrogen-bond acceptors (Lipinski definition) is 3. The van der Waals surface area contributed by atoms with Crippen molar-refractivity contribution in [2.24, 2.45) is 5.10 Å². The van der Waals surface area contributed by atoms with Crippen molar-refractivity contribution >= 4 is 23.3 Å². The van der Waals surface area contributed by atoms with Crippen LogP contribution in [0, 0.1) is 0 Å². The van der Waals surface area contributed by atoms with Crippen LogP contribution >= 0.6 is 12.2 Å². The van der Waals surface area contributed by atoms with Gasteiger partial charge in [0.2, 0.25) is 0 Å². The van der Waals surface area contributed by atoms with Crippen molar-refractivity contribution in [3.8, 4) is 0 Å². The minimum atomic E-state index is -0.196. The van der Waals surface area contributed by atoms with Crippen LogP contribution in [0.1, 0.15) is 10.4 Å². The van der Waals surface area contributed by atoms with E-state index in [1.807, 2.05) is 6.07 Å². The molecule has 0 unspecified atom stereocenters. The largest absolute Gasteiger partial charge is 0.274 e. The zero-order chi connectivity index (χ0) is 9.68. The van der Waals surface area contributed by atoms with Crippen molar-refractivity contribution in [1.82, 2.24) is 5.01 Å². The molecule has 1 aromatic carbocycles. The molecule has 0 atom stereocenters. The van der Waals surface area contributed by atoms with Crippen LogP contribution in [0.15, 0.2) is 35.4 Å². The summed E-state index contributed by atoms with van der Waals surface area (Å²) in [5.74, 6) is -0.196. The molecular weight excluding hydrogens is 184 g/mol. The van der Waals surface area contributed by atoms with Crippen LogP contribution in [-0.4, -0.2) is 23.1 Å². The van der Waals surface area contributed by atoms with E-state index in [2.05, 4.69) is 22.5 Å². The van der Waals surface area contributed by atoms with Gasteiger partial charge in [-0.3, -0.25) is 4.79 Å². The fraction of sp³-hybridized carbons (Fsp3) is 0.111. The lowest BCUT2D eigenvalue weighted by Gasteiger charge is -2.07. The lowest BCUT2D eigenvalue weighted by Crippen LogP contribution is -2.20. The first-order chi connectivity index (χ1) is 6.25. The number of benzene rings is 1. The summed E-state index contributed by atoms with van der Waals surface area (Å²) in [5, 5.41) is 6.84. The molecule has 0 saturated heterocycles. The number of hydrogen-bond donors (Lipinski definition) is 0.